The molecule has 6 nitrogen and oxygen atoms in total. The van der Waals surface area contributed by atoms with Crippen LogP contribution in [0.3, 0.4) is 0 Å². The van der Waals surface area contributed by atoms with Crippen molar-refractivity contribution in [3.63, 3.8) is 0 Å². The molecule has 22 heavy (non-hydrogen) atoms. The predicted molar refractivity (Wildman–Crippen MR) is 76.7 cm³/mol. The third-order valence-corrected chi connectivity index (χ3v) is 3.34. The van der Waals surface area contributed by atoms with Gasteiger partial charge in [-0.25, -0.2) is 13.9 Å². The largest absolute Gasteiger partial charge is 0.442 e. The number of terminal acetylenes is 1. The molecule has 1 aromatic heterocycles. The van der Waals surface area contributed by atoms with Crippen LogP contribution in [0.25, 0.3) is 0 Å². The van der Waals surface area contributed by atoms with E-state index < -0.39 is 11.9 Å². The Labute approximate surface area is 126 Å². The Balaban J connectivity index is 1.74. The van der Waals surface area contributed by atoms with Gasteiger partial charge in [0, 0.05) is 6.20 Å². The van der Waals surface area contributed by atoms with Crippen LogP contribution in [-0.4, -0.2) is 33.7 Å². The van der Waals surface area contributed by atoms with Gasteiger partial charge in [-0.2, -0.15) is 0 Å². The van der Waals surface area contributed by atoms with Crippen LogP contribution in [-0.2, 0) is 11.3 Å². The van der Waals surface area contributed by atoms with Crippen LogP contribution in [0.5, 0.6) is 0 Å². The van der Waals surface area contributed by atoms with Gasteiger partial charge in [0.15, 0.2) is 0 Å². The minimum Gasteiger partial charge on any atom is -0.442 e. The molecule has 1 aliphatic heterocycles. The topological polar surface area (TPSA) is 60.3 Å². The molecule has 1 unspecified atom stereocenters. The molecule has 1 fully saturated rings. The van der Waals surface area contributed by atoms with Gasteiger partial charge >= 0.3 is 6.09 Å². The van der Waals surface area contributed by atoms with E-state index in [1.165, 1.54) is 17.0 Å². The SMILES string of the molecule is C#Cc1ccc(N2CC(Cn3cc(C)nn3)OC2=O)cc1F. The van der Waals surface area contributed by atoms with Crippen LogP contribution in [0, 0.1) is 25.1 Å². The van der Waals surface area contributed by atoms with E-state index >= 15 is 0 Å². The molecular formula is C15H13FN4O2. The zero-order valence-corrected chi connectivity index (χ0v) is 11.9. The van der Waals surface area contributed by atoms with Crippen molar-refractivity contribution in [3.8, 4) is 12.3 Å². The van der Waals surface area contributed by atoms with Crippen LogP contribution < -0.4 is 4.90 Å². The van der Waals surface area contributed by atoms with Crippen LogP contribution in [0.1, 0.15) is 11.3 Å². The van der Waals surface area contributed by atoms with E-state index in [1.54, 1.807) is 16.9 Å². The molecule has 1 saturated heterocycles. The van der Waals surface area contributed by atoms with Crippen molar-refractivity contribution in [2.45, 2.75) is 19.6 Å². The van der Waals surface area contributed by atoms with E-state index in [4.69, 9.17) is 11.2 Å². The number of ether oxygens (including phenoxy) is 1. The van der Waals surface area contributed by atoms with Crippen LogP contribution in [0.15, 0.2) is 24.4 Å². The zero-order valence-electron chi connectivity index (χ0n) is 11.9. The number of cyclic esters (lactones) is 1. The van der Waals surface area contributed by atoms with E-state index in [-0.39, 0.29) is 11.7 Å². The van der Waals surface area contributed by atoms with Crippen molar-refractivity contribution < 1.29 is 13.9 Å². The molecule has 7 heteroatoms. The predicted octanol–water partition coefficient (Wildman–Crippen LogP) is 1.73. The van der Waals surface area contributed by atoms with Gasteiger partial charge in [-0.3, -0.25) is 4.90 Å². The van der Waals surface area contributed by atoms with Gasteiger partial charge < -0.3 is 4.74 Å². The summed E-state index contributed by atoms with van der Waals surface area (Å²) < 4.78 is 20.6. The van der Waals surface area contributed by atoms with Crippen molar-refractivity contribution in [1.82, 2.24) is 15.0 Å². The summed E-state index contributed by atoms with van der Waals surface area (Å²) in [7, 11) is 0. The fourth-order valence-corrected chi connectivity index (χ4v) is 2.31. The monoisotopic (exact) mass is 300 g/mol. The number of carbonyl (C=O) groups is 1. The average molecular weight is 300 g/mol. The molecule has 0 saturated carbocycles. The summed E-state index contributed by atoms with van der Waals surface area (Å²) in [5, 5.41) is 7.79. The highest BCUT2D eigenvalue weighted by Crippen LogP contribution is 2.24. The maximum Gasteiger partial charge on any atom is 0.414 e. The van der Waals surface area contributed by atoms with Gasteiger partial charge in [0.25, 0.3) is 0 Å². The van der Waals surface area contributed by atoms with Crippen LogP contribution in [0.4, 0.5) is 14.9 Å². The smallest absolute Gasteiger partial charge is 0.414 e. The maximum absolute atomic E-state index is 13.7. The normalized spacial score (nSPS) is 17.4. The number of benzene rings is 1. The Morgan fingerprint density at radius 2 is 2.36 bits per heavy atom. The first-order valence-corrected chi connectivity index (χ1v) is 6.68. The number of amides is 1. The summed E-state index contributed by atoms with van der Waals surface area (Å²) in [5.74, 6) is 1.70. The number of rotatable bonds is 3. The second-order valence-corrected chi connectivity index (χ2v) is 5.01. The lowest BCUT2D eigenvalue weighted by Gasteiger charge is -2.13. The maximum atomic E-state index is 13.7. The molecule has 2 heterocycles. The van der Waals surface area contributed by atoms with E-state index in [2.05, 4.69) is 16.2 Å². The summed E-state index contributed by atoms with van der Waals surface area (Å²) >= 11 is 0. The minimum absolute atomic E-state index is 0.158. The molecule has 0 N–H and O–H groups in total. The van der Waals surface area contributed by atoms with E-state index in [9.17, 15) is 9.18 Å². The molecule has 2 aromatic rings. The summed E-state index contributed by atoms with van der Waals surface area (Å²) in [6.07, 6.45) is 6.05. The highest BCUT2D eigenvalue weighted by molar-refractivity contribution is 5.89. The van der Waals surface area contributed by atoms with Crippen LogP contribution in [0.2, 0.25) is 0 Å². The number of nitrogens with zero attached hydrogens (tertiary/aromatic N) is 4. The summed E-state index contributed by atoms with van der Waals surface area (Å²) in [6, 6.07) is 4.30. The highest BCUT2D eigenvalue weighted by atomic mass is 19.1. The molecular weight excluding hydrogens is 287 g/mol. The van der Waals surface area contributed by atoms with Gasteiger partial charge in [-0.1, -0.05) is 11.1 Å². The Kier molecular flexibility index (Phi) is 3.51. The summed E-state index contributed by atoms with van der Waals surface area (Å²) in [5.41, 5.74) is 1.36. The fourth-order valence-electron chi connectivity index (χ4n) is 2.31. The number of hydrogen-bond donors (Lipinski definition) is 0. The molecule has 0 spiro atoms. The number of hydrogen-bond acceptors (Lipinski definition) is 4. The number of aromatic nitrogens is 3. The zero-order chi connectivity index (χ0) is 15.7. The molecule has 0 radical (unpaired) electrons. The number of halogens is 1. The van der Waals surface area contributed by atoms with Crippen LogP contribution >= 0.6 is 0 Å². The second-order valence-electron chi connectivity index (χ2n) is 5.01. The molecule has 1 atom stereocenters. The quantitative estimate of drug-likeness (QED) is 0.810. The van der Waals surface area contributed by atoms with Crippen molar-refractivity contribution in [3.05, 3.63) is 41.5 Å². The van der Waals surface area contributed by atoms with Gasteiger partial charge in [0.1, 0.15) is 11.9 Å². The molecule has 1 aromatic carbocycles. The summed E-state index contributed by atoms with van der Waals surface area (Å²) in [6.45, 7) is 2.53. The van der Waals surface area contributed by atoms with E-state index in [1.807, 2.05) is 6.92 Å². The van der Waals surface area contributed by atoms with E-state index in [0.29, 0.717) is 18.8 Å². The first-order chi connectivity index (χ1) is 10.6. The Morgan fingerprint density at radius 3 is 3.00 bits per heavy atom. The van der Waals surface area contributed by atoms with Crippen molar-refractivity contribution in [1.29, 1.82) is 0 Å². The molecule has 1 aliphatic rings. The third-order valence-electron chi connectivity index (χ3n) is 3.34. The van der Waals surface area contributed by atoms with Crippen molar-refractivity contribution >= 4 is 11.8 Å². The minimum atomic E-state index is -0.539. The van der Waals surface area contributed by atoms with Gasteiger partial charge in [0.2, 0.25) is 0 Å². The molecule has 3 rings (SSSR count). The lowest BCUT2D eigenvalue weighted by atomic mass is 10.2. The first kappa shape index (κ1) is 14.1. The second kappa shape index (κ2) is 5.48. The summed E-state index contributed by atoms with van der Waals surface area (Å²) in [4.78, 5) is 13.3. The van der Waals surface area contributed by atoms with E-state index in [0.717, 1.165) is 5.69 Å². The Bertz CT molecular complexity index is 765. The van der Waals surface area contributed by atoms with Gasteiger partial charge in [-0.05, 0) is 25.1 Å². The average Bonchev–Trinajstić information content (AvgIpc) is 3.05. The van der Waals surface area contributed by atoms with Gasteiger partial charge in [0.05, 0.1) is 30.0 Å². The van der Waals surface area contributed by atoms with Crippen molar-refractivity contribution in [2.75, 3.05) is 11.4 Å². The first-order valence-electron chi connectivity index (χ1n) is 6.68. The molecule has 0 aliphatic carbocycles. The lowest BCUT2D eigenvalue weighted by molar-refractivity contribution is 0.129. The molecule has 1 amide bonds. The highest BCUT2D eigenvalue weighted by Gasteiger charge is 2.33. The van der Waals surface area contributed by atoms with Gasteiger partial charge in [-0.15, -0.1) is 11.5 Å². The van der Waals surface area contributed by atoms with Crippen molar-refractivity contribution in [2.24, 2.45) is 0 Å². The Hall–Kier alpha value is -2.88. The number of aryl methyl sites for hydroxylation is 1. The standard InChI is InChI=1S/C15H13FN4O2/c1-3-11-4-5-12(6-14(11)16)20-9-13(22-15(20)21)8-19-7-10(2)17-18-19/h1,4-7,13H,8-9H2,2H3. The Morgan fingerprint density at radius 1 is 1.55 bits per heavy atom. The fraction of sp³-hybridized carbons (Fsp3) is 0.267. The lowest BCUT2D eigenvalue weighted by Crippen LogP contribution is -2.26. The number of anilines is 1. The number of carbonyl (C=O) groups excluding carboxylic acids is 1. The molecule has 112 valence electrons. The molecule has 0 bridgehead atoms. The third kappa shape index (κ3) is 2.63.